The molecule has 1 saturated carbocycles. The van der Waals surface area contributed by atoms with E-state index in [1.165, 1.54) is 25.7 Å². The van der Waals surface area contributed by atoms with Crippen LogP contribution in [0, 0.1) is 11.8 Å². The van der Waals surface area contributed by atoms with Crippen molar-refractivity contribution in [2.45, 2.75) is 71.6 Å². The summed E-state index contributed by atoms with van der Waals surface area (Å²) in [6, 6.07) is 1.15. The number of nitrogens with one attached hydrogen (secondary N) is 1. The fourth-order valence-electron chi connectivity index (χ4n) is 2.84. The topological polar surface area (TPSA) is 21.3 Å². The van der Waals surface area contributed by atoms with E-state index in [9.17, 15) is 0 Å². The molecular weight excluding hydrogens is 198 g/mol. The van der Waals surface area contributed by atoms with Gasteiger partial charge in [0.15, 0.2) is 0 Å². The van der Waals surface area contributed by atoms with E-state index in [2.05, 4.69) is 33.0 Å². The lowest BCUT2D eigenvalue weighted by Crippen LogP contribution is -2.48. The van der Waals surface area contributed by atoms with Crippen molar-refractivity contribution in [2.75, 3.05) is 7.11 Å². The highest BCUT2D eigenvalue weighted by atomic mass is 16.5. The molecule has 0 bridgehead atoms. The maximum Gasteiger partial charge on any atom is 0.0693 e. The molecule has 1 rings (SSSR count). The van der Waals surface area contributed by atoms with Crippen LogP contribution in [0.25, 0.3) is 0 Å². The van der Waals surface area contributed by atoms with Crippen molar-refractivity contribution in [3.05, 3.63) is 0 Å². The minimum Gasteiger partial charge on any atom is -0.380 e. The van der Waals surface area contributed by atoms with Gasteiger partial charge in [0.25, 0.3) is 0 Å². The molecule has 1 aliphatic carbocycles. The van der Waals surface area contributed by atoms with E-state index in [-0.39, 0.29) is 0 Å². The molecule has 4 atom stereocenters. The van der Waals surface area contributed by atoms with Gasteiger partial charge < -0.3 is 10.1 Å². The smallest absolute Gasteiger partial charge is 0.0693 e. The largest absolute Gasteiger partial charge is 0.380 e. The van der Waals surface area contributed by atoms with Crippen LogP contribution in [0.1, 0.15) is 53.4 Å². The van der Waals surface area contributed by atoms with Crippen LogP contribution in [0.3, 0.4) is 0 Å². The Bertz CT molecular complexity index is 193. The molecule has 96 valence electrons. The molecule has 1 fully saturated rings. The van der Waals surface area contributed by atoms with Crippen LogP contribution >= 0.6 is 0 Å². The Labute approximate surface area is 101 Å². The van der Waals surface area contributed by atoms with Gasteiger partial charge in [-0.3, -0.25) is 0 Å². The Morgan fingerprint density at radius 3 is 2.25 bits per heavy atom. The first-order valence-electron chi connectivity index (χ1n) is 6.85. The third-order valence-electron chi connectivity index (χ3n) is 4.23. The third-order valence-corrected chi connectivity index (χ3v) is 4.23. The van der Waals surface area contributed by atoms with Crippen LogP contribution < -0.4 is 5.32 Å². The van der Waals surface area contributed by atoms with Crippen LogP contribution in [-0.2, 0) is 4.74 Å². The summed E-state index contributed by atoms with van der Waals surface area (Å²) in [6.07, 6.45) is 5.83. The Balaban J connectivity index is 2.49. The molecule has 0 radical (unpaired) electrons. The summed E-state index contributed by atoms with van der Waals surface area (Å²) >= 11 is 0. The predicted molar refractivity (Wildman–Crippen MR) is 69.7 cm³/mol. The molecule has 1 N–H and O–H groups in total. The standard InChI is InChI=1S/C14H29NO/c1-10(2)13-8-6-7-9-14(13)15-11(3)12(4)16-5/h10-15H,6-9H2,1-5H3. The Morgan fingerprint density at radius 2 is 1.69 bits per heavy atom. The van der Waals surface area contributed by atoms with Crippen LogP contribution in [0.4, 0.5) is 0 Å². The fraction of sp³-hybridized carbons (Fsp3) is 1.00. The molecule has 16 heavy (non-hydrogen) atoms. The highest BCUT2D eigenvalue weighted by Crippen LogP contribution is 2.30. The van der Waals surface area contributed by atoms with Crippen molar-refractivity contribution >= 4 is 0 Å². The number of hydrogen-bond donors (Lipinski definition) is 1. The lowest BCUT2D eigenvalue weighted by Gasteiger charge is -2.37. The first-order chi connectivity index (χ1) is 7.56. The van der Waals surface area contributed by atoms with E-state index in [0.717, 1.165) is 11.8 Å². The molecule has 2 heteroatoms. The van der Waals surface area contributed by atoms with Crippen molar-refractivity contribution in [2.24, 2.45) is 11.8 Å². The normalized spacial score (nSPS) is 30.4. The quantitative estimate of drug-likeness (QED) is 0.778. The number of rotatable bonds is 5. The van der Waals surface area contributed by atoms with Crippen LogP contribution in [-0.4, -0.2) is 25.3 Å². The summed E-state index contributed by atoms with van der Waals surface area (Å²) in [5.74, 6) is 1.64. The minimum absolute atomic E-state index is 0.301. The second-order valence-corrected chi connectivity index (χ2v) is 5.69. The third kappa shape index (κ3) is 3.74. The highest BCUT2D eigenvalue weighted by Gasteiger charge is 2.29. The van der Waals surface area contributed by atoms with Crippen LogP contribution in [0.2, 0.25) is 0 Å². The monoisotopic (exact) mass is 227 g/mol. The second kappa shape index (κ2) is 6.61. The Morgan fingerprint density at radius 1 is 1.06 bits per heavy atom. The average Bonchev–Trinajstić information content (AvgIpc) is 2.28. The van der Waals surface area contributed by atoms with Gasteiger partial charge in [-0.2, -0.15) is 0 Å². The minimum atomic E-state index is 0.301. The summed E-state index contributed by atoms with van der Waals surface area (Å²) in [5, 5.41) is 3.78. The molecule has 0 heterocycles. The van der Waals surface area contributed by atoms with E-state index in [1.54, 1.807) is 7.11 Å². The van der Waals surface area contributed by atoms with Gasteiger partial charge in [-0.05, 0) is 38.5 Å². The van der Waals surface area contributed by atoms with Crippen molar-refractivity contribution in [1.82, 2.24) is 5.32 Å². The SMILES string of the molecule is COC(C)C(C)NC1CCCCC1C(C)C. The molecule has 4 unspecified atom stereocenters. The van der Waals surface area contributed by atoms with Crippen LogP contribution in [0.5, 0.6) is 0 Å². The maximum absolute atomic E-state index is 5.39. The summed E-state index contributed by atoms with van der Waals surface area (Å²) in [4.78, 5) is 0. The van der Waals surface area contributed by atoms with E-state index >= 15 is 0 Å². The van der Waals surface area contributed by atoms with Gasteiger partial charge in [0.2, 0.25) is 0 Å². The summed E-state index contributed by atoms with van der Waals surface area (Å²) in [6.45, 7) is 9.09. The zero-order valence-corrected chi connectivity index (χ0v) is 11.6. The summed E-state index contributed by atoms with van der Waals surface area (Å²) in [7, 11) is 1.80. The molecule has 1 aliphatic rings. The van der Waals surface area contributed by atoms with Gasteiger partial charge >= 0.3 is 0 Å². The van der Waals surface area contributed by atoms with Gasteiger partial charge in [0.1, 0.15) is 0 Å². The van der Waals surface area contributed by atoms with E-state index in [0.29, 0.717) is 18.2 Å². The molecule has 0 aromatic heterocycles. The number of methoxy groups -OCH3 is 1. The van der Waals surface area contributed by atoms with Crippen LogP contribution in [0.15, 0.2) is 0 Å². The molecule has 0 aromatic rings. The maximum atomic E-state index is 5.39. The van der Waals surface area contributed by atoms with Gasteiger partial charge in [0.05, 0.1) is 6.10 Å². The zero-order chi connectivity index (χ0) is 12.1. The van der Waals surface area contributed by atoms with Crippen molar-refractivity contribution in [1.29, 1.82) is 0 Å². The van der Waals surface area contributed by atoms with E-state index < -0.39 is 0 Å². The number of ether oxygens (including phenoxy) is 1. The van der Waals surface area contributed by atoms with Crippen molar-refractivity contribution in [3.8, 4) is 0 Å². The fourth-order valence-corrected chi connectivity index (χ4v) is 2.84. The van der Waals surface area contributed by atoms with Crippen molar-refractivity contribution < 1.29 is 4.74 Å². The predicted octanol–water partition coefficient (Wildman–Crippen LogP) is 3.21. The molecule has 0 aliphatic heterocycles. The summed E-state index contributed by atoms with van der Waals surface area (Å²) in [5.41, 5.74) is 0. The molecular formula is C14H29NO. The molecule has 2 nitrogen and oxygen atoms in total. The molecule has 0 amide bonds. The Hall–Kier alpha value is -0.0800. The zero-order valence-electron chi connectivity index (χ0n) is 11.6. The molecule has 0 spiro atoms. The average molecular weight is 227 g/mol. The van der Waals surface area contributed by atoms with Gasteiger partial charge in [-0.1, -0.05) is 26.7 Å². The highest BCUT2D eigenvalue weighted by molar-refractivity contribution is 4.85. The van der Waals surface area contributed by atoms with E-state index in [1.807, 2.05) is 0 Å². The first-order valence-corrected chi connectivity index (χ1v) is 6.85. The second-order valence-electron chi connectivity index (χ2n) is 5.69. The van der Waals surface area contributed by atoms with Gasteiger partial charge in [0, 0.05) is 19.2 Å². The molecule has 0 aromatic carbocycles. The number of hydrogen-bond acceptors (Lipinski definition) is 2. The van der Waals surface area contributed by atoms with Gasteiger partial charge in [-0.25, -0.2) is 0 Å². The summed E-state index contributed by atoms with van der Waals surface area (Å²) < 4.78 is 5.39. The molecule has 0 saturated heterocycles. The lowest BCUT2D eigenvalue weighted by atomic mass is 9.77. The van der Waals surface area contributed by atoms with Crippen molar-refractivity contribution in [3.63, 3.8) is 0 Å². The lowest BCUT2D eigenvalue weighted by molar-refractivity contribution is 0.0728. The first kappa shape index (κ1) is 14.0. The van der Waals surface area contributed by atoms with E-state index in [4.69, 9.17) is 4.74 Å². The Kier molecular flexibility index (Phi) is 5.77. The van der Waals surface area contributed by atoms with Gasteiger partial charge in [-0.15, -0.1) is 0 Å².